The minimum atomic E-state index is -0.278. The lowest BCUT2D eigenvalue weighted by Gasteiger charge is -2.24. The van der Waals surface area contributed by atoms with Gasteiger partial charge in [0.15, 0.2) is 0 Å². The monoisotopic (exact) mass is 364 g/mol. The van der Waals surface area contributed by atoms with E-state index in [4.69, 9.17) is 4.74 Å². The molecule has 1 heterocycles. The Hall–Kier alpha value is -2.11. The van der Waals surface area contributed by atoms with Crippen LogP contribution in [0.5, 0.6) is 5.75 Å². The summed E-state index contributed by atoms with van der Waals surface area (Å²) < 4.78 is 18.7. The van der Waals surface area contributed by atoms with Crippen LogP contribution in [0, 0.1) is 5.82 Å². The fourth-order valence-electron chi connectivity index (χ4n) is 2.76. The Labute approximate surface area is 153 Å². The van der Waals surface area contributed by atoms with Crippen molar-refractivity contribution < 1.29 is 13.9 Å². The highest BCUT2D eigenvalue weighted by molar-refractivity contribution is 5.97. The van der Waals surface area contributed by atoms with Gasteiger partial charge in [-0.25, -0.2) is 4.39 Å². The summed E-state index contributed by atoms with van der Waals surface area (Å²) in [5.74, 6) is 0.126. The molecule has 0 bridgehead atoms. The van der Waals surface area contributed by atoms with Crippen molar-refractivity contribution in [3.8, 4) is 5.75 Å². The molecular weight excluding hydrogens is 343 g/mol. The highest BCUT2D eigenvalue weighted by Gasteiger charge is 2.18. The number of benzene rings is 2. The van der Waals surface area contributed by atoms with Crippen LogP contribution in [-0.2, 0) is 6.61 Å². The first-order chi connectivity index (χ1) is 11.7. The summed E-state index contributed by atoms with van der Waals surface area (Å²) in [5, 5.41) is 6.33. The Morgan fingerprint density at radius 2 is 1.96 bits per heavy atom. The van der Waals surface area contributed by atoms with E-state index in [-0.39, 0.29) is 36.8 Å². The number of carbonyl (C=O) groups excluding carboxylic acids is 1. The topological polar surface area (TPSA) is 50.4 Å². The summed E-state index contributed by atoms with van der Waals surface area (Å²) in [6.45, 7) is 2.09. The molecule has 0 radical (unpaired) electrons. The molecule has 2 aromatic rings. The van der Waals surface area contributed by atoms with E-state index in [0.29, 0.717) is 11.3 Å². The molecule has 1 saturated heterocycles. The molecule has 1 fully saturated rings. The predicted octanol–water partition coefficient (Wildman–Crippen LogP) is 3.31. The maximum absolute atomic E-state index is 12.9. The Bertz CT molecular complexity index is 688. The van der Waals surface area contributed by atoms with Crippen molar-refractivity contribution in [3.05, 3.63) is 65.5 Å². The Kier molecular flexibility index (Phi) is 7.22. The molecular formula is C19H22ClFN2O2. The second-order valence-corrected chi connectivity index (χ2v) is 5.93. The number of ether oxygens (including phenoxy) is 1. The van der Waals surface area contributed by atoms with Gasteiger partial charge in [-0.15, -0.1) is 12.4 Å². The second-order valence-electron chi connectivity index (χ2n) is 5.93. The van der Waals surface area contributed by atoms with Crippen LogP contribution in [0.4, 0.5) is 4.39 Å². The van der Waals surface area contributed by atoms with Crippen molar-refractivity contribution in [2.24, 2.45) is 0 Å². The van der Waals surface area contributed by atoms with Crippen LogP contribution in [0.25, 0.3) is 0 Å². The van der Waals surface area contributed by atoms with Crippen LogP contribution in [0.3, 0.4) is 0 Å². The summed E-state index contributed by atoms with van der Waals surface area (Å²) in [5.41, 5.74) is 1.37. The standard InChI is InChI=1S/C19H21FN2O2.ClH/c20-15-9-7-14(8-10-15)13-24-18-6-2-1-5-17(18)19(23)22-16-4-3-11-21-12-16;/h1-2,5-10,16,21H,3-4,11-13H2,(H,22,23);1H/t16-;/m0./s1. The third-order valence-electron chi connectivity index (χ3n) is 4.07. The van der Waals surface area contributed by atoms with Crippen LogP contribution in [0.1, 0.15) is 28.8 Å². The number of piperidine rings is 1. The van der Waals surface area contributed by atoms with Crippen LogP contribution >= 0.6 is 12.4 Å². The first-order valence-corrected chi connectivity index (χ1v) is 8.20. The van der Waals surface area contributed by atoms with Crippen LogP contribution < -0.4 is 15.4 Å². The van der Waals surface area contributed by atoms with Gasteiger partial charge in [0.05, 0.1) is 5.56 Å². The molecule has 0 unspecified atom stereocenters. The first kappa shape index (κ1) is 19.2. The second kappa shape index (κ2) is 9.39. The maximum Gasteiger partial charge on any atom is 0.255 e. The summed E-state index contributed by atoms with van der Waals surface area (Å²) in [6.07, 6.45) is 2.05. The van der Waals surface area contributed by atoms with Crippen molar-refractivity contribution in [1.29, 1.82) is 0 Å². The Morgan fingerprint density at radius 1 is 1.20 bits per heavy atom. The molecule has 0 spiro atoms. The average molecular weight is 365 g/mol. The number of rotatable bonds is 5. The number of para-hydroxylation sites is 1. The van der Waals surface area contributed by atoms with Crippen molar-refractivity contribution in [3.63, 3.8) is 0 Å². The first-order valence-electron chi connectivity index (χ1n) is 8.20. The molecule has 0 aliphatic carbocycles. The maximum atomic E-state index is 12.9. The normalized spacial score (nSPS) is 16.6. The van der Waals surface area contributed by atoms with Gasteiger partial charge in [-0.3, -0.25) is 4.79 Å². The Morgan fingerprint density at radius 3 is 2.68 bits per heavy atom. The molecule has 1 aliphatic heterocycles. The fraction of sp³-hybridized carbons (Fsp3) is 0.316. The average Bonchev–Trinajstić information content (AvgIpc) is 2.62. The van der Waals surface area contributed by atoms with E-state index in [0.717, 1.165) is 31.5 Å². The highest BCUT2D eigenvalue weighted by atomic mass is 35.5. The lowest BCUT2D eigenvalue weighted by atomic mass is 10.1. The van der Waals surface area contributed by atoms with Gasteiger partial charge in [0.1, 0.15) is 18.2 Å². The highest BCUT2D eigenvalue weighted by Crippen LogP contribution is 2.20. The quantitative estimate of drug-likeness (QED) is 0.855. The zero-order valence-electron chi connectivity index (χ0n) is 13.8. The molecule has 3 rings (SSSR count). The number of hydrogen-bond donors (Lipinski definition) is 2. The minimum absolute atomic E-state index is 0. The van der Waals surface area contributed by atoms with Crippen molar-refractivity contribution in [1.82, 2.24) is 10.6 Å². The number of halogens is 2. The molecule has 25 heavy (non-hydrogen) atoms. The van der Waals surface area contributed by atoms with Crippen LogP contribution in [0.15, 0.2) is 48.5 Å². The summed E-state index contributed by atoms with van der Waals surface area (Å²) in [4.78, 5) is 12.5. The molecule has 0 saturated carbocycles. The van der Waals surface area contributed by atoms with Crippen molar-refractivity contribution in [2.75, 3.05) is 13.1 Å². The molecule has 1 aliphatic rings. The minimum Gasteiger partial charge on any atom is -0.488 e. The van der Waals surface area contributed by atoms with Gasteiger partial charge in [-0.2, -0.15) is 0 Å². The molecule has 4 nitrogen and oxygen atoms in total. The predicted molar refractivity (Wildman–Crippen MR) is 97.8 cm³/mol. The molecule has 6 heteroatoms. The molecule has 134 valence electrons. The van der Waals surface area contributed by atoms with Gasteiger partial charge < -0.3 is 15.4 Å². The number of hydrogen-bond acceptors (Lipinski definition) is 3. The zero-order valence-corrected chi connectivity index (χ0v) is 14.7. The number of nitrogens with one attached hydrogen (secondary N) is 2. The summed E-state index contributed by atoms with van der Waals surface area (Å²) in [6, 6.07) is 13.5. The van der Waals surface area contributed by atoms with Gasteiger partial charge in [-0.1, -0.05) is 24.3 Å². The lowest BCUT2D eigenvalue weighted by molar-refractivity contribution is 0.0926. The SMILES string of the molecule is Cl.O=C(N[C@H]1CCCNC1)c1ccccc1OCc1ccc(F)cc1. The van der Waals surface area contributed by atoms with Gasteiger partial charge >= 0.3 is 0 Å². The lowest BCUT2D eigenvalue weighted by Crippen LogP contribution is -2.45. The smallest absolute Gasteiger partial charge is 0.255 e. The summed E-state index contributed by atoms with van der Waals surface area (Å²) in [7, 11) is 0. The van der Waals surface area contributed by atoms with E-state index in [1.807, 2.05) is 12.1 Å². The zero-order chi connectivity index (χ0) is 16.8. The van der Waals surface area contributed by atoms with E-state index in [1.54, 1.807) is 24.3 Å². The fourth-order valence-corrected chi connectivity index (χ4v) is 2.76. The third kappa shape index (κ3) is 5.44. The van der Waals surface area contributed by atoms with Crippen LogP contribution in [-0.4, -0.2) is 25.0 Å². The number of amides is 1. The molecule has 1 atom stereocenters. The van der Waals surface area contributed by atoms with Gasteiger partial charge in [0.2, 0.25) is 0 Å². The van der Waals surface area contributed by atoms with Gasteiger partial charge in [0.25, 0.3) is 5.91 Å². The molecule has 1 amide bonds. The summed E-state index contributed by atoms with van der Waals surface area (Å²) >= 11 is 0. The van der Waals surface area contributed by atoms with Gasteiger partial charge in [0, 0.05) is 12.6 Å². The van der Waals surface area contributed by atoms with Crippen LogP contribution in [0.2, 0.25) is 0 Å². The van der Waals surface area contributed by atoms with Crippen molar-refractivity contribution >= 4 is 18.3 Å². The van der Waals surface area contributed by atoms with E-state index in [9.17, 15) is 9.18 Å². The largest absolute Gasteiger partial charge is 0.488 e. The van der Waals surface area contributed by atoms with Crippen molar-refractivity contribution in [2.45, 2.75) is 25.5 Å². The third-order valence-corrected chi connectivity index (χ3v) is 4.07. The molecule has 2 aromatic carbocycles. The Balaban J connectivity index is 0.00000225. The molecule has 0 aromatic heterocycles. The van der Waals surface area contributed by atoms with E-state index < -0.39 is 0 Å². The van der Waals surface area contributed by atoms with Gasteiger partial charge in [-0.05, 0) is 49.2 Å². The van der Waals surface area contributed by atoms with E-state index in [1.165, 1.54) is 12.1 Å². The molecule has 2 N–H and O–H groups in total. The van der Waals surface area contributed by atoms with E-state index in [2.05, 4.69) is 10.6 Å². The van der Waals surface area contributed by atoms with E-state index >= 15 is 0 Å². The number of carbonyl (C=O) groups is 1.